The molecule has 2 heterocycles. The Kier molecular flexibility index (Phi) is 6.17. The summed E-state index contributed by atoms with van der Waals surface area (Å²) in [6.07, 6.45) is 6.38. The maximum absolute atomic E-state index is 14.0. The van der Waals surface area contributed by atoms with Gasteiger partial charge in [-0.25, -0.2) is 0 Å². The van der Waals surface area contributed by atoms with Gasteiger partial charge in [-0.1, -0.05) is 35.9 Å². The molecule has 0 bridgehead atoms. The zero-order chi connectivity index (χ0) is 21.9. The van der Waals surface area contributed by atoms with Crippen LogP contribution in [0.1, 0.15) is 71.1 Å². The molecule has 0 spiro atoms. The van der Waals surface area contributed by atoms with Crippen LogP contribution < -0.4 is 17.0 Å². The molecule has 1 amide bonds. The Hall–Kier alpha value is -1.69. The highest BCUT2D eigenvalue weighted by Crippen LogP contribution is 2.44. The molecule has 0 aromatic heterocycles. The zero-order valence-electron chi connectivity index (χ0n) is 18.8. The van der Waals surface area contributed by atoms with E-state index in [2.05, 4.69) is 29.2 Å². The molecule has 0 N–H and O–H groups in total. The van der Waals surface area contributed by atoms with Crippen molar-refractivity contribution in [1.29, 1.82) is 0 Å². The smallest absolute Gasteiger partial charge is 0.231 e. The first-order chi connectivity index (χ1) is 15.6. The largest absolute Gasteiger partial charge is 1.00 e. The SMILES string of the molecule is O=C1CC(C(=O)N2CCc3ccccc3C2C[N+]2(C3CC3)CCCC2)c2cc(Cl)ccc21.[Br-]. The molecule has 6 rings (SSSR count). The summed E-state index contributed by atoms with van der Waals surface area (Å²) < 4.78 is 1.18. The van der Waals surface area contributed by atoms with Gasteiger partial charge in [-0.15, -0.1) is 0 Å². The number of rotatable bonds is 4. The number of hydrogen-bond donors (Lipinski definition) is 0. The van der Waals surface area contributed by atoms with Crippen LogP contribution in [0, 0.1) is 0 Å². The summed E-state index contributed by atoms with van der Waals surface area (Å²) in [7, 11) is 0. The molecule has 6 heteroatoms. The van der Waals surface area contributed by atoms with Crippen LogP contribution in [0.5, 0.6) is 0 Å². The topological polar surface area (TPSA) is 37.4 Å². The van der Waals surface area contributed by atoms with E-state index < -0.39 is 5.92 Å². The fraction of sp³-hybridized carbons (Fsp3) is 0.481. The van der Waals surface area contributed by atoms with Crippen LogP contribution in [0.15, 0.2) is 42.5 Å². The summed E-state index contributed by atoms with van der Waals surface area (Å²) in [5, 5.41) is 0.590. The lowest BCUT2D eigenvalue weighted by molar-refractivity contribution is -0.929. The molecule has 33 heavy (non-hydrogen) atoms. The minimum absolute atomic E-state index is 0. The van der Waals surface area contributed by atoms with Gasteiger partial charge in [0.1, 0.15) is 12.6 Å². The van der Waals surface area contributed by atoms with Crippen LogP contribution in [0.2, 0.25) is 5.02 Å². The second-order valence-corrected chi connectivity index (χ2v) is 10.6. The van der Waals surface area contributed by atoms with Crippen LogP contribution in [0.4, 0.5) is 0 Å². The van der Waals surface area contributed by atoms with E-state index in [1.54, 1.807) is 12.1 Å². The van der Waals surface area contributed by atoms with Gasteiger partial charge in [-0.3, -0.25) is 9.59 Å². The fourth-order valence-electron chi connectivity index (χ4n) is 6.64. The van der Waals surface area contributed by atoms with Crippen LogP contribution in [0.3, 0.4) is 0 Å². The third-order valence-corrected chi connectivity index (χ3v) is 8.62. The van der Waals surface area contributed by atoms with Crippen molar-refractivity contribution in [3.8, 4) is 0 Å². The van der Waals surface area contributed by atoms with Crippen molar-refractivity contribution in [2.45, 2.75) is 56.5 Å². The van der Waals surface area contributed by atoms with Crippen molar-refractivity contribution < 1.29 is 31.1 Å². The minimum atomic E-state index is -0.406. The number of benzene rings is 2. The first-order valence-electron chi connectivity index (χ1n) is 12.1. The predicted molar refractivity (Wildman–Crippen MR) is 125 cm³/mol. The Labute approximate surface area is 211 Å². The zero-order valence-corrected chi connectivity index (χ0v) is 21.2. The van der Waals surface area contributed by atoms with E-state index >= 15 is 0 Å². The number of fused-ring (bicyclic) bond motifs is 2. The third-order valence-electron chi connectivity index (χ3n) is 8.39. The van der Waals surface area contributed by atoms with Crippen LogP contribution in [0.25, 0.3) is 0 Å². The Morgan fingerprint density at radius 2 is 1.82 bits per heavy atom. The first kappa shape index (κ1) is 23.1. The van der Waals surface area contributed by atoms with Gasteiger partial charge < -0.3 is 26.4 Å². The standard InChI is InChI=1S/C27H30ClN2O2.BrH/c28-19-7-10-22-23(15-19)24(16-26(22)31)27(32)29-12-11-18-5-1-2-6-21(18)25(29)17-30(20-8-9-20)13-3-4-14-30;/h1-2,5-7,10,15,20,24-25H,3-4,8-9,11-14,16-17H2;1H/q+1;/p-1. The van der Waals surface area contributed by atoms with Gasteiger partial charge in [0, 0.05) is 49.2 Å². The lowest BCUT2D eigenvalue weighted by atomic mass is 9.89. The molecule has 4 aliphatic rings. The molecule has 1 saturated heterocycles. The van der Waals surface area contributed by atoms with Gasteiger partial charge in [-0.05, 0) is 41.3 Å². The first-order valence-corrected chi connectivity index (χ1v) is 12.5. The number of halogens is 2. The Balaban J connectivity index is 0.00000228. The molecule has 1 saturated carbocycles. The number of quaternary nitrogens is 1. The fourth-order valence-corrected chi connectivity index (χ4v) is 6.82. The van der Waals surface area contributed by atoms with Crippen molar-refractivity contribution in [3.05, 3.63) is 69.7 Å². The van der Waals surface area contributed by atoms with Crippen LogP contribution in [-0.4, -0.2) is 53.3 Å². The van der Waals surface area contributed by atoms with Gasteiger partial charge in [0.25, 0.3) is 0 Å². The molecule has 2 unspecified atom stereocenters. The van der Waals surface area contributed by atoms with Gasteiger partial charge in [-0.2, -0.15) is 0 Å². The lowest BCUT2D eigenvalue weighted by Crippen LogP contribution is -3.00. The number of carbonyl (C=O) groups excluding carboxylic acids is 2. The molecular weight excluding hydrogens is 500 g/mol. The number of Topliss-reactive ketones (excluding diaryl/α,β-unsaturated/α-hetero) is 1. The summed E-state index contributed by atoms with van der Waals surface area (Å²) >= 11 is 6.26. The molecule has 174 valence electrons. The van der Waals surface area contributed by atoms with Gasteiger partial charge in [0.2, 0.25) is 5.91 Å². The lowest BCUT2D eigenvalue weighted by Gasteiger charge is -2.44. The van der Waals surface area contributed by atoms with Crippen molar-refractivity contribution in [2.24, 2.45) is 0 Å². The highest BCUT2D eigenvalue weighted by molar-refractivity contribution is 6.31. The molecule has 2 aromatic carbocycles. The quantitative estimate of drug-likeness (QED) is 0.568. The average molecular weight is 530 g/mol. The summed E-state index contributed by atoms with van der Waals surface area (Å²) in [6.45, 7) is 4.22. The highest BCUT2D eigenvalue weighted by atomic mass is 79.9. The molecular formula is C27H30BrClN2O2. The number of carbonyl (C=O) groups is 2. The summed E-state index contributed by atoms with van der Waals surface area (Å²) in [6, 6.07) is 14.9. The molecule has 2 aliphatic heterocycles. The molecule has 0 radical (unpaired) electrons. The normalized spacial score (nSPS) is 25.4. The minimum Gasteiger partial charge on any atom is -1.00 e. The maximum Gasteiger partial charge on any atom is 0.231 e. The molecule has 2 aromatic rings. The van der Waals surface area contributed by atoms with E-state index in [-0.39, 0.29) is 41.1 Å². The summed E-state index contributed by atoms with van der Waals surface area (Å²) in [4.78, 5) is 28.8. The highest BCUT2D eigenvalue weighted by Gasteiger charge is 2.50. The Morgan fingerprint density at radius 3 is 2.58 bits per heavy atom. The van der Waals surface area contributed by atoms with Crippen LogP contribution in [-0.2, 0) is 11.2 Å². The van der Waals surface area contributed by atoms with Crippen molar-refractivity contribution in [2.75, 3.05) is 26.2 Å². The monoisotopic (exact) mass is 528 g/mol. The van der Waals surface area contributed by atoms with Crippen LogP contribution >= 0.6 is 11.6 Å². The number of likely N-dealkylation sites (tertiary alicyclic amines) is 1. The van der Waals surface area contributed by atoms with Gasteiger partial charge in [0.15, 0.2) is 5.78 Å². The predicted octanol–water partition coefficient (Wildman–Crippen LogP) is 1.91. The van der Waals surface area contributed by atoms with E-state index in [9.17, 15) is 9.59 Å². The Morgan fingerprint density at radius 1 is 1.06 bits per heavy atom. The second kappa shape index (κ2) is 8.83. The van der Waals surface area contributed by atoms with E-state index in [1.807, 2.05) is 6.07 Å². The summed E-state index contributed by atoms with van der Waals surface area (Å²) in [5.41, 5.74) is 4.17. The third kappa shape index (κ3) is 3.96. The number of amides is 1. The maximum atomic E-state index is 14.0. The van der Waals surface area contributed by atoms with Gasteiger partial charge in [0.05, 0.1) is 25.0 Å². The average Bonchev–Trinajstić information content (AvgIpc) is 3.48. The molecule has 2 fully saturated rings. The van der Waals surface area contributed by atoms with Crippen molar-refractivity contribution in [3.63, 3.8) is 0 Å². The van der Waals surface area contributed by atoms with Gasteiger partial charge >= 0.3 is 0 Å². The van der Waals surface area contributed by atoms with E-state index in [1.165, 1.54) is 54.4 Å². The Bertz CT molecular complexity index is 1090. The van der Waals surface area contributed by atoms with E-state index in [0.717, 1.165) is 31.1 Å². The molecule has 2 aliphatic carbocycles. The summed E-state index contributed by atoms with van der Waals surface area (Å²) in [5.74, 6) is -0.242. The second-order valence-electron chi connectivity index (χ2n) is 10.2. The van der Waals surface area contributed by atoms with Crippen molar-refractivity contribution >= 4 is 23.3 Å². The molecule has 4 nitrogen and oxygen atoms in total. The number of ketones is 1. The van der Waals surface area contributed by atoms with E-state index in [0.29, 0.717) is 10.6 Å². The molecule has 2 atom stereocenters. The number of nitrogens with zero attached hydrogens (tertiary/aromatic N) is 2. The van der Waals surface area contributed by atoms with Crippen molar-refractivity contribution in [1.82, 2.24) is 4.90 Å². The number of hydrogen-bond acceptors (Lipinski definition) is 2. The van der Waals surface area contributed by atoms with E-state index in [4.69, 9.17) is 11.6 Å².